The highest BCUT2D eigenvalue weighted by Gasteiger charge is 2.25. The van der Waals surface area contributed by atoms with Crippen LogP contribution in [0.2, 0.25) is 0 Å². The Morgan fingerprint density at radius 1 is 1.20 bits per heavy atom. The molecule has 1 aromatic heterocycles. The van der Waals surface area contributed by atoms with Crippen LogP contribution in [0.5, 0.6) is 0 Å². The van der Waals surface area contributed by atoms with Crippen molar-refractivity contribution < 1.29 is 13.2 Å². The van der Waals surface area contributed by atoms with E-state index >= 15 is 0 Å². The Morgan fingerprint density at radius 3 is 2.70 bits per heavy atom. The Morgan fingerprint density at radius 2 is 1.97 bits per heavy atom. The zero-order valence-electron chi connectivity index (χ0n) is 16.4. The lowest BCUT2D eigenvalue weighted by molar-refractivity contribution is -0.116. The number of rotatable bonds is 7. The smallest absolute Gasteiger partial charge is 0.263 e. The van der Waals surface area contributed by atoms with Crippen LogP contribution in [0.15, 0.2) is 65.0 Å². The summed E-state index contributed by atoms with van der Waals surface area (Å²) in [5.74, 6) is -0.108. The Labute approximate surface area is 179 Å². The van der Waals surface area contributed by atoms with Crippen LogP contribution >= 0.6 is 11.3 Å². The first-order valence-corrected chi connectivity index (χ1v) is 12.0. The number of hydrogen-bond donors (Lipinski definition) is 2. The molecule has 156 valence electrons. The van der Waals surface area contributed by atoms with Crippen molar-refractivity contribution in [1.82, 2.24) is 4.98 Å². The number of carbonyl (C=O) groups is 1. The summed E-state index contributed by atoms with van der Waals surface area (Å²) < 4.78 is 27.2. The highest BCUT2D eigenvalue weighted by atomic mass is 32.2. The van der Waals surface area contributed by atoms with Crippen LogP contribution in [0.1, 0.15) is 18.9 Å². The molecule has 4 rings (SSSR count). The van der Waals surface area contributed by atoms with E-state index in [1.54, 1.807) is 17.5 Å². The van der Waals surface area contributed by atoms with Crippen LogP contribution in [0.25, 0.3) is 0 Å². The van der Waals surface area contributed by atoms with Gasteiger partial charge in [0.2, 0.25) is 5.91 Å². The number of thiazole rings is 1. The fourth-order valence-corrected chi connectivity index (χ4v) is 5.37. The fraction of sp³-hybridized carbons (Fsp3) is 0.238. The number of aromatic nitrogens is 1. The lowest BCUT2D eigenvalue weighted by atomic mass is 10.1. The normalized spacial score (nSPS) is 15.6. The molecule has 0 aliphatic carbocycles. The van der Waals surface area contributed by atoms with Crippen molar-refractivity contribution in [2.75, 3.05) is 21.5 Å². The average Bonchev–Trinajstić information content (AvgIpc) is 3.33. The minimum Gasteiger partial charge on any atom is -0.368 e. The molecule has 7 nitrogen and oxygen atoms in total. The summed E-state index contributed by atoms with van der Waals surface area (Å²) in [6.45, 7) is 2.80. The number of nitrogens with one attached hydrogen (secondary N) is 2. The summed E-state index contributed by atoms with van der Waals surface area (Å²) >= 11 is 1.21. The zero-order valence-corrected chi connectivity index (χ0v) is 18.0. The van der Waals surface area contributed by atoms with Gasteiger partial charge in [-0.2, -0.15) is 0 Å². The van der Waals surface area contributed by atoms with Crippen LogP contribution < -0.4 is 14.9 Å². The molecule has 2 heterocycles. The Balaban J connectivity index is 1.34. The molecular weight excluding hydrogens is 420 g/mol. The average molecular weight is 443 g/mol. The lowest BCUT2D eigenvalue weighted by Gasteiger charge is -2.24. The van der Waals surface area contributed by atoms with E-state index in [2.05, 4.69) is 39.0 Å². The fourth-order valence-electron chi connectivity index (χ4n) is 3.58. The second-order valence-corrected chi connectivity index (χ2v) is 9.72. The molecule has 0 fully saturated rings. The van der Waals surface area contributed by atoms with Crippen LogP contribution in [-0.4, -0.2) is 31.9 Å². The molecule has 2 aromatic carbocycles. The molecule has 30 heavy (non-hydrogen) atoms. The number of sulfonamides is 1. The summed E-state index contributed by atoms with van der Waals surface area (Å²) in [7, 11) is -3.71. The van der Waals surface area contributed by atoms with Gasteiger partial charge in [0.05, 0.1) is 4.90 Å². The summed E-state index contributed by atoms with van der Waals surface area (Å²) in [4.78, 5) is 18.7. The van der Waals surface area contributed by atoms with Gasteiger partial charge in [0, 0.05) is 42.0 Å². The molecule has 9 heteroatoms. The van der Waals surface area contributed by atoms with E-state index in [1.165, 1.54) is 40.9 Å². The zero-order chi connectivity index (χ0) is 21.1. The number of hydrogen-bond acceptors (Lipinski definition) is 6. The molecule has 1 atom stereocenters. The third-order valence-corrected chi connectivity index (χ3v) is 7.20. The summed E-state index contributed by atoms with van der Waals surface area (Å²) in [6.07, 6.45) is 2.87. The molecule has 0 saturated carbocycles. The minimum atomic E-state index is -3.71. The first-order valence-electron chi connectivity index (χ1n) is 9.59. The second kappa shape index (κ2) is 8.45. The first kappa shape index (κ1) is 20.4. The Hall–Kier alpha value is -2.91. The monoisotopic (exact) mass is 442 g/mol. The van der Waals surface area contributed by atoms with Crippen LogP contribution in [0, 0.1) is 0 Å². The van der Waals surface area contributed by atoms with E-state index in [0.29, 0.717) is 29.8 Å². The second-order valence-electron chi connectivity index (χ2n) is 7.14. The number of carbonyl (C=O) groups excluding carboxylic acids is 1. The summed E-state index contributed by atoms with van der Waals surface area (Å²) in [6, 6.07) is 14.7. The van der Waals surface area contributed by atoms with Crippen molar-refractivity contribution >= 4 is 43.8 Å². The molecule has 1 unspecified atom stereocenters. The van der Waals surface area contributed by atoms with E-state index in [-0.39, 0.29) is 10.8 Å². The van der Waals surface area contributed by atoms with Gasteiger partial charge in [-0.25, -0.2) is 13.4 Å². The van der Waals surface area contributed by atoms with Crippen LogP contribution in [0.4, 0.5) is 16.5 Å². The number of amides is 1. The third kappa shape index (κ3) is 4.47. The molecule has 2 N–H and O–H groups in total. The van der Waals surface area contributed by atoms with E-state index in [9.17, 15) is 13.2 Å². The van der Waals surface area contributed by atoms with Crippen LogP contribution in [0.3, 0.4) is 0 Å². The molecule has 0 saturated heterocycles. The van der Waals surface area contributed by atoms with Crippen molar-refractivity contribution in [3.8, 4) is 0 Å². The minimum absolute atomic E-state index is 0.108. The van der Waals surface area contributed by atoms with Gasteiger partial charge >= 0.3 is 0 Å². The van der Waals surface area contributed by atoms with Gasteiger partial charge in [0.25, 0.3) is 10.0 Å². The lowest BCUT2D eigenvalue weighted by Crippen LogP contribution is -2.32. The van der Waals surface area contributed by atoms with E-state index in [1.807, 2.05) is 12.1 Å². The number of benzene rings is 2. The number of anilines is 3. The quantitative estimate of drug-likeness (QED) is 0.582. The third-order valence-electron chi connectivity index (χ3n) is 5.03. The number of nitrogens with zero attached hydrogens (tertiary/aromatic N) is 2. The highest BCUT2D eigenvalue weighted by molar-refractivity contribution is 7.93. The maximum atomic E-state index is 12.4. The van der Waals surface area contributed by atoms with Crippen molar-refractivity contribution in [3.63, 3.8) is 0 Å². The predicted molar refractivity (Wildman–Crippen MR) is 120 cm³/mol. The van der Waals surface area contributed by atoms with Gasteiger partial charge in [-0.15, -0.1) is 11.3 Å². The number of fused-ring (bicyclic) bond motifs is 1. The maximum Gasteiger partial charge on any atom is 0.263 e. The maximum absolute atomic E-state index is 12.4. The SMILES string of the molecule is CC1Cc2ccccc2N1CCC(=O)Nc1ccc(S(=O)(=O)Nc2nccs2)cc1. The predicted octanol–water partition coefficient (Wildman–Crippen LogP) is 3.72. The number of para-hydroxylation sites is 1. The Kier molecular flexibility index (Phi) is 5.74. The molecule has 0 spiro atoms. The molecule has 1 aliphatic heterocycles. The first-order chi connectivity index (χ1) is 14.4. The Bertz CT molecular complexity index is 1130. The largest absolute Gasteiger partial charge is 0.368 e. The van der Waals surface area contributed by atoms with Gasteiger partial charge in [0.1, 0.15) is 0 Å². The van der Waals surface area contributed by atoms with Gasteiger partial charge in [-0.05, 0) is 49.2 Å². The van der Waals surface area contributed by atoms with Gasteiger partial charge < -0.3 is 10.2 Å². The van der Waals surface area contributed by atoms with Gasteiger partial charge in [0.15, 0.2) is 5.13 Å². The van der Waals surface area contributed by atoms with Crippen molar-refractivity contribution in [2.24, 2.45) is 0 Å². The summed E-state index contributed by atoms with van der Waals surface area (Å²) in [5, 5.41) is 4.84. The molecule has 1 aliphatic rings. The van der Waals surface area contributed by atoms with E-state index in [4.69, 9.17) is 0 Å². The van der Waals surface area contributed by atoms with Crippen LogP contribution in [-0.2, 0) is 21.2 Å². The highest BCUT2D eigenvalue weighted by Crippen LogP contribution is 2.31. The molecule has 0 radical (unpaired) electrons. The van der Waals surface area contributed by atoms with E-state index in [0.717, 1.165) is 6.42 Å². The standard InChI is InChI=1S/C21H22N4O3S2/c1-15-14-16-4-2-3-5-19(16)25(15)12-10-20(26)23-17-6-8-18(9-7-17)30(27,28)24-21-22-11-13-29-21/h2-9,11,13,15H,10,12,14H2,1H3,(H,22,24)(H,23,26). The van der Waals surface area contributed by atoms with E-state index < -0.39 is 10.0 Å². The molecule has 3 aromatic rings. The molecule has 0 bridgehead atoms. The molecular formula is C21H22N4O3S2. The van der Waals surface area contributed by atoms with Crippen molar-refractivity contribution in [3.05, 3.63) is 65.7 Å². The van der Waals surface area contributed by atoms with Gasteiger partial charge in [-0.3, -0.25) is 9.52 Å². The van der Waals surface area contributed by atoms with Gasteiger partial charge in [-0.1, -0.05) is 18.2 Å². The molecule has 1 amide bonds. The summed E-state index contributed by atoms with van der Waals surface area (Å²) in [5.41, 5.74) is 3.07. The van der Waals surface area contributed by atoms with Crippen molar-refractivity contribution in [1.29, 1.82) is 0 Å². The van der Waals surface area contributed by atoms with Crippen molar-refractivity contribution in [2.45, 2.75) is 30.7 Å². The topological polar surface area (TPSA) is 91.4 Å².